The lowest BCUT2D eigenvalue weighted by Gasteiger charge is -2.12. The van der Waals surface area contributed by atoms with Gasteiger partial charge in [-0.3, -0.25) is 9.59 Å². The van der Waals surface area contributed by atoms with Gasteiger partial charge in [-0.2, -0.15) is 0 Å². The molecular weight excluding hydrogens is 388 g/mol. The second-order valence-electron chi connectivity index (χ2n) is 7.37. The number of nitrogens with one attached hydrogen (secondary N) is 3. The number of fused-ring (bicyclic) bond motifs is 1. The van der Waals surface area contributed by atoms with E-state index in [0.29, 0.717) is 41.1 Å². The lowest BCUT2D eigenvalue weighted by molar-refractivity contribution is 0.0955. The van der Waals surface area contributed by atoms with Crippen LogP contribution in [0.1, 0.15) is 27.3 Å². The van der Waals surface area contributed by atoms with Gasteiger partial charge in [-0.25, -0.2) is 4.98 Å². The third-order valence-electron chi connectivity index (χ3n) is 5.15. The van der Waals surface area contributed by atoms with Crippen molar-refractivity contribution in [3.63, 3.8) is 0 Å². The second-order valence-corrected chi connectivity index (χ2v) is 7.37. The maximum Gasteiger partial charge on any atom is 0.258 e. The molecule has 1 heterocycles. The predicted molar refractivity (Wildman–Crippen MR) is 123 cm³/mol. The van der Waals surface area contributed by atoms with Crippen molar-refractivity contribution in [2.45, 2.75) is 19.9 Å². The summed E-state index contributed by atoms with van der Waals surface area (Å²) in [6, 6.07) is 22.9. The number of carbonyl (C=O) groups excluding carboxylic acids is 1. The van der Waals surface area contributed by atoms with Gasteiger partial charge in [-0.15, -0.1) is 0 Å². The number of rotatable bonds is 7. The molecule has 4 rings (SSSR count). The van der Waals surface area contributed by atoms with E-state index in [1.165, 1.54) is 5.56 Å². The number of aromatic amines is 1. The molecule has 0 saturated heterocycles. The Hall–Kier alpha value is -3.93. The van der Waals surface area contributed by atoms with E-state index in [1.54, 1.807) is 12.1 Å². The predicted octanol–water partition coefficient (Wildman–Crippen LogP) is 3.82. The van der Waals surface area contributed by atoms with Crippen LogP contribution in [0.5, 0.6) is 0 Å². The first kappa shape index (κ1) is 20.3. The monoisotopic (exact) mass is 412 g/mol. The number of aromatic nitrogens is 2. The second kappa shape index (κ2) is 9.26. The Morgan fingerprint density at radius 3 is 2.58 bits per heavy atom. The molecule has 4 aromatic rings. The summed E-state index contributed by atoms with van der Waals surface area (Å²) >= 11 is 0. The van der Waals surface area contributed by atoms with E-state index in [0.717, 1.165) is 12.0 Å². The fourth-order valence-corrected chi connectivity index (χ4v) is 3.51. The summed E-state index contributed by atoms with van der Waals surface area (Å²) in [5.74, 6) is 0.376. The standard InChI is InChI=1S/C25H24N4O2/c1-17-8-7-12-20-23(17)28-22(29-25(20)31)16-27-21-13-6-5-11-19(21)24(30)26-15-14-18-9-3-2-4-10-18/h2-13,27H,14-16H2,1H3,(H,26,30)(H,28,29,31). The van der Waals surface area contributed by atoms with Gasteiger partial charge in [0.1, 0.15) is 5.82 Å². The molecule has 1 amide bonds. The molecule has 0 aliphatic rings. The topological polar surface area (TPSA) is 86.9 Å². The third-order valence-corrected chi connectivity index (χ3v) is 5.15. The fourth-order valence-electron chi connectivity index (χ4n) is 3.51. The van der Waals surface area contributed by atoms with Crippen molar-refractivity contribution >= 4 is 22.5 Å². The number of para-hydroxylation sites is 2. The minimum Gasteiger partial charge on any atom is -0.377 e. The molecule has 6 heteroatoms. The van der Waals surface area contributed by atoms with Crippen LogP contribution in [0, 0.1) is 6.92 Å². The van der Waals surface area contributed by atoms with Gasteiger partial charge in [0.15, 0.2) is 0 Å². The van der Waals surface area contributed by atoms with Crippen molar-refractivity contribution in [2.75, 3.05) is 11.9 Å². The van der Waals surface area contributed by atoms with E-state index >= 15 is 0 Å². The number of H-pyrrole nitrogens is 1. The minimum atomic E-state index is -0.169. The Kier molecular flexibility index (Phi) is 6.08. The quantitative estimate of drug-likeness (QED) is 0.431. The number of hydrogen-bond acceptors (Lipinski definition) is 4. The highest BCUT2D eigenvalue weighted by Gasteiger charge is 2.11. The minimum absolute atomic E-state index is 0.144. The first-order valence-electron chi connectivity index (χ1n) is 10.3. The van der Waals surface area contributed by atoms with E-state index in [1.807, 2.05) is 67.6 Å². The SMILES string of the molecule is Cc1cccc2c(=O)[nH]c(CNc3ccccc3C(=O)NCCc3ccccc3)nc12. The number of aryl methyl sites for hydroxylation is 1. The molecule has 0 saturated carbocycles. The van der Waals surface area contributed by atoms with E-state index in [2.05, 4.69) is 20.6 Å². The fraction of sp³-hybridized carbons (Fsp3) is 0.160. The Balaban J connectivity index is 1.45. The van der Waals surface area contributed by atoms with Gasteiger partial charge < -0.3 is 15.6 Å². The van der Waals surface area contributed by atoms with Crippen molar-refractivity contribution in [1.82, 2.24) is 15.3 Å². The molecule has 0 unspecified atom stereocenters. The molecule has 0 aliphatic carbocycles. The molecule has 31 heavy (non-hydrogen) atoms. The van der Waals surface area contributed by atoms with Crippen LogP contribution in [0.2, 0.25) is 0 Å². The van der Waals surface area contributed by atoms with Crippen molar-refractivity contribution in [1.29, 1.82) is 0 Å². The third kappa shape index (κ3) is 4.80. The number of carbonyl (C=O) groups is 1. The largest absolute Gasteiger partial charge is 0.377 e. The summed E-state index contributed by atoms with van der Waals surface area (Å²) in [6.45, 7) is 2.78. The Morgan fingerprint density at radius 2 is 1.74 bits per heavy atom. The molecular formula is C25H24N4O2. The van der Waals surface area contributed by atoms with Gasteiger partial charge in [0.05, 0.1) is 23.0 Å². The summed E-state index contributed by atoms with van der Waals surface area (Å²) in [7, 11) is 0. The Labute approximate surface area is 180 Å². The zero-order valence-corrected chi connectivity index (χ0v) is 17.3. The zero-order chi connectivity index (χ0) is 21.6. The molecule has 0 radical (unpaired) electrons. The average Bonchev–Trinajstić information content (AvgIpc) is 2.79. The molecule has 0 atom stereocenters. The summed E-state index contributed by atoms with van der Waals surface area (Å²) in [5.41, 5.74) is 3.88. The smallest absolute Gasteiger partial charge is 0.258 e. The number of benzene rings is 3. The van der Waals surface area contributed by atoms with E-state index in [4.69, 9.17) is 0 Å². The summed E-state index contributed by atoms with van der Waals surface area (Å²) < 4.78 is 0. The summed E-state index contributed by atoms with van der Waals surface area (Å²) in [6.07, 6.45) is 0.768. The average molecular weight is 412 g/mol. The van der Waals surface area contributed by atoms with Crippen molar-refractivity contribution in [2.24, 2.45) is 0 Å². The molecule has 3 N–H and O–H groups in total. The number of nitrogens with zero attached hydrogens (tertiary/aromatic N) is 1. The maximum atomic E-state index is 12.7. The molecule has 156 valence electrons. The van der Waals surface area contributed by atoms with Crippen molar-refractivity contribution < 1.29 is 4.79 Å². The van der Waals surface area contributed by atoms with Crippen LogP contribution in [0.3, 0.4) is 0 Å². The van der Waals surface area contributed by atoms with Crippen LogP contribution in [0.15, 0.2) is 77.6 Å². The van der Waals surface area contributed by atoms with Crippen LogP contribution in [-0.2, 0) is 13.0 Å². The van der Waals surface area contributed by atoms with Crippen LogP contribution in [-0.4, -0.2) is 22.4 Å². The summed E-state index contributed by atoms with van der Waals surface area (Å²) in [5, 5.41) is 6.78. The molecule has 0 bridgehead atoms. The van der Waals surface area contributed by atoms with Crippen LogP contribution in [0.4, 0.5) is 5.69 Å². The van der Waals surface area contributed by atoms with Gasteiger partial charge in [-0.05, 0) is 42.7 Å². The van der Waals surface area contributed by atoms with Crippen LogP contribution < -0.4 is 16.2 Å². The van der Waals surface area contributed by atoms with E-state index < -0.39 is 0 Å². The highest BCUT2D eigenvalue weighted by atomic mass is 16.1. The van der Waals surface area contributed by atoms with Gasteiger partial charge >= 0.3 is 0 Å². The summed E-state index contributed by atoms with van der Waals surface area (Å²) in [4.78, 5) is 32.5. The van der Waals surface area contributed by atoms with Crippen LogP contribution in [0.25, 0.3) is 10.9 Å². The molecule has 0 fully saturated rings. The van der Waals surface area contributed by atoms with Gasteiger partial charge in [0.2, 0.25) is 0 Å². The Morgan fingerprint density at radius 1 is 0.968 bits per heavy atom. The zero-order valence-electron chi connectivity index (χ0n) is 17.3. The number of anilines is 1. The normalized spacial score (nSPS) is 10.7. The van der Waals surface area contributed by atoms with E-state index in [9.17, 15) is 9.59 Å². The molecule has 6 nitrogen and oxygen atoms in total. The molecule has 0 spiro atoms. The van der Waals surface area contributed by atoms with Crippen molar-refractivity contribution in [3.05, 3.63) is 106 Å². The van der Waals surface area contributed by atoms with Crippen LogP contribution >= 0.6 is 0 Å². The van der Waals surface area contributed by atoms with Gasteiger partial charge in [-0.1, -0.05) is 54.6 Å². The highest BCUT2D eigenvalue weighted by molar-refractivity contribution is 5.99. The van der Waals surface area contributed by atoms with E-state index in [-0.39, 0.29) is 11.5 Å². The first-order chi connectivity index (χ1) is 15.1. The highest BCUT2D eigenvalue weighted by Crippen LogP contribution is 2.17. The molecule has 3 aromatic carbocycles. The lowest BCUT2D eigenvalue weighted by Crippen LogP contribution is -2.26. The molecule has 1 aromatic heterocycles. The van der Waals surface area contributed by atoms with Gasteiger partial charge in [0.25, 0.3) is 11.5 Å². The molecule has 0 aliphatic heterocycles. The number of hydrogen-bond donors (Lipinski definition) is 3. The van der Waals surface area contributed by atoms with Gasteiger partial charge in [0, 0.05) is 12.2 Å². The first-order valence-corrected chi connectivity index (χ1v) is 10.3. The maximum absolute atomic E-state index is 12.7. The number of amides is 1. The Bertz CT molecular complexity index is 1270. The van der Waals surface area contributed by atoms with Crippen molar-refractivity contribution in [3.8, 4) is 0 Å². The lowest BCUT2D eigenvalue weighted by atomic mass is 10.1.